The number of carbonyl (C=O) groups excluding carboxylic acids is 2. The second kappa shape index (κ2) is 57.6. The molecule has 18 heteroatoms. The first-order valence-corrected chi connectivity index (χ1v) is 37.4. The van der Waals surface area contributed by atoms with Gasteiger partial charge in [0.25, 0.3) is 11.8 Å². The summed E-state index contributed by atoms with van der Waals surface area (Å²) in [7, 11) is 0. The van der Waals surface area contributed by atoms with Gasteiger partial charge in [-0.3, -0.25) is 9.59 Å². The Kier molecular flexibility index (Phi) is 55.3. The number of nitrogens with zero attached hydrogens (tertiary/aromatic N) is 2. The van der Waals surface area contributed by atoms with Crippen molar-refractivity contribution in [3.63, 3.8) is 0 Å². The van der Waals surface area contributed by atoms with Crippen LogP contribution >= 0.6 is 0 Å². The van der Waals surface area contributed by atoms with Gasteiger partial charge in [-0.1, -0.05) is 285 Å². The minimum Gasteiger partial charge on any atom is -0.394 e. The number of hydrogen-bond acceptors (Lipinski definition) is 16. The van der Waals surface area contributed by atoms with Crippen molar-refractivity contribution in [1.82, 2.24) is 9.80 Å². The monoisotopic (exact) mass is 1290 g/mol. The maximum atomic E-state index is 13.3. The molecule has 0 spiro atoms. The summed E-state index contributed by atoms with van der Waals surface area (Å²) in [6, 6.07) is 0. The van der Waals surface area contributed by atoms with Crippen LogP contribution in [-0.4, -0.2) is 208 Å². The number of amides is 2. The summed E-state index contributed by atoms with van der Waals surface area (Å²) in [5, 5.41) is 123. The second-order valence-electron chi connectivity index (χ2n) is 27.1. The van der Waals surface area contributed by atoms with Gasteiger partial charge in [0.15, 0.2) is 0 Å². The van der Waals surface area contributed by atoms with Crippen LogP contribution in [0.3, 0.4) is 0 Å². The highest BCUT2D eigenvalue weighted by molar-refractivity contribution is 5.81. The SMILES string of the molecule is CCCCCCCCCCCCCCC(O)C(=O)N(CCCCCCCCCC)CC(O)CC1O[C@H](CO)[C@@H](O)[C@H](O)[C@H]1O.CCCCCCCCCCCCCCC(O)C(=O)N(CCCCCCCCCCCC)CC(O)CC1O[C@H](CO)[C@@H](O)[C@H](O)[C@H]1O. The Hall–Kier alpha value is -1.62. The Balaban J connectivity index is 0.000000901. The van der Waals surface area contributed by atoms with Crippen LogP contribution in [0.5, 0.6) is 0 Å². The summed E-state index contributed by atoms with van der Waals surface area (Å²) in [6.45, 7) is 8.63. The van der Waals surface area contributed by atoms with E-state index in [9.17, 15) is 70.9 Å². The number of hydrogen-bond donors (Lipinski definition) is 12. The van der Waals surface area contributed by atoms with E-state index in [-0.39, 0.29) is 37.7 Å². The first kappa shape index (κ1) is 86.4. The molecule has 0 aromatic rings. The lowest BCUT2D eigenvalue weighted by molar-refractivity contribution is -0.234. The molecule has 90 heavy (non-hydrogen) atoms. The molecule has 2 amide bonds. The summed E-state index contributed by atoms with van der Waals surface area (Å²) in [4.78, 5) is 29.7. The van der Waals surface area contributed by atoms with Crippen LogP contribution in [0.1, 0.15) is 323 Å². The third-order valence-corrected chi connectivity index (χ3v) is 18.8. The predicted octanol–water partition coefficient (Wildman–Crippen LogP) is 10.8. The van der Waals surface area contributed by atoms with Crippen molar-refractivity contribution in [3.05, 3.63) is 0 Å². The van der Waals surface area contributed by atoms with E-state index in [4.69, 9.17) is 9.47 Å². The van der Waals surface area contributed by atoms with Crippen LogP contribution in [0.25, 0.3) is 0 Å². The van der Waals surface area contributed by atoms with Crippen molar-refractivity contribution in [2.75, 3.05) is 39.4 Å². The van der Waals surface area contributed by atoms with Gasteiger partial charge in [-0.05, 0) is 25.7 Å². The van der Waals surface area contributed by atoms with Crippen LogP contribution in [0.15, 0.2) is 0 Å². The molecule has 536 valence electrons. The summed E-state index contributed by atoms with van der Waals surface area (Å²) in [5.41, 5.74) is 0. The average molecular weight is 1290 g/mol. The average Bonchev–Trinajstić information content (AvgIpc) is 0.966. The highest BCUT2D eigenvalue weighted by Gasteiger charge is 2.45. The zero-order valence-electron chi connectivity index (χ0n) is 57.7. The minimum atomic E-state index is -1.51. The van der Waals surface area contributed by atoms with Gasteiger partial charge >= 0.3 is 0 Å². The fraction of sp³-hybridized carbons (Fsp3) is 0.972. The van der Waals surface area contributed by atoms with E-state index in [0.717, 1.165) is 83.5 Å². The Morgan fingerprint density at radius 2 is 0.522 bits per heavy atom. The van der Waals surface area contributed by atoms with Crippen LogP contribution in [0.4, 0.5) is 0 Å². The number of unbranched alkanes of at least 4 members (excludes halogenated alkanes) is 38. The van der Waals surface area contributed by atoms with Crippen molar-refractivity contribution in [2.45, 2.75) is 409 Å². The van der Waals surface area contributed by atoms with Crippen LogP contribution in [0, 0.1) is 0 Å². The van der Waals surface area contributed by atoms with E-state index in [1.54, 1.807) is 0 Å². The van der Waals surface area contributed by atoms with Crippen molar-refractivity contribution < 1.29 is 80.3 Å². The molecule has 2 saturated heterocycles. The van der Waals surface area contributed by atoms with Gasteiger partial charge in [0, 0.05) is 39.0 Å². The highest BCUT2D eigenvalue weighted by Crippen LogP contribution is 2.27. The number of rotatable bonds is 58. The fourth-order valence-electron chi connectivity index (χ4n) is 12.8. The molecule has 14 atom stereocenters. The summed E-state index contributed by atoms with van der Waals surface area (Å²) >= 11 is 0. The molecule has 2 aliphatic heterocycles. The number of ether oxygens (including phenoxy) is 2. The Bertz CT molecular complexity index is 1620. The Labute approximate surface area is 547 Å². The van der Waals surface area contributed by atoms with Crippen LogP contribution in [0.2, 0.25) is 0 Å². The number of carbonyl (C=O) groups is 2. The van der Waals surface area contributed by atoms with Crippen molar-refractivity contribution in [1.29, 1.82) is 0 Å². The van der Waals surface area contributed by atoms with Gasteiger partial charge in [0.1, 0.15) is 61.0 Å². The molecule has 18 nitrogen and oxygen atoms in total. The first-order chi connectivity index (χ1) is 43.5. The molecule has 0 bridgehead atoms. The van der Waals surface area contributed by atoms with E-state index in [1.807, 2.05) is 0 Å². The van der Waals surface area contributed by atoms with E-state index < -0.39 is 98.7 Å². The number of aliphatic hydroxyl groups is 12. The predicted molar refractivity (Wildman–Crippen MR) is 360 cm³/mol. The van der Waals surface area contributed by atoms with Crippen molar-refractivity contribution >= 4 is 11.8 Å². The molecule has 2 fully saturated rings. The van der Waals surface area contributed by atoms with Gasteiger partial charge in [-0.15, -0.1) is 0 Å². The molecule has 6 unspecified atom stereocenters. The normalized spacial score (nSPS) is 23.2. The largest absolute Gasteiger partial charge is 0.394 e. The van der Waals surface area contributed by atoms with Gasteiger partial charge in [-0.2, -0.15) is 0 Å². The fourth-order valence-corrected chi connectivity index (χ4v) is 12.8. The molecule has 2 rings (SSSR count). The van der Waals surface area contributed by atoms with E-state index in [1.165, 1.54) is 196 Å². The highest BCUT2D eigenvalue weighted by atomic mass is 16.6. The lowest BCUT2D eigenvalue weighted by Gasteiger charge is -2.41. The third-order valence-electron chi connectivity index (χ3n) is 18.8. The smallest absolute Gasteiger partial charge is 0.251 e. The number of aliphatic hydroxyl groups excluding tert-OH is 12. The summed E-state index contributed by atoms with van der Waals surface area (Å²) < 4.78 is 11.1. The van der Waals surface area contributed by atoms with Crippen molar-refractivity contribution in [2.24, 2.45) is 0 Å². The Morgan fingerprint density at radius 3 is 0.756 bits per heavy atom. The third kappa shape index (κ3) is 40.7. The standard InChI is InChI=1S/C37H73NO8.C35H69NO8/c1-3-5-7-9-11-13-15-16-17-19-21-23-25-31(41)37(45)38(26-24-22-20-18-14-12-10-8-6-4-2)28-30(40)27-32-34(42)36(44)35(43)33(29-39)46-32;1-3-5-7-9-11-13-14-15-16-17-19-21-23-29(39)35(43)36(24-22-20-18-12-10-8-6-4-2)26-28(38)25-30-32(40)34(42)33(41)31(27-37)44-30/h30-36,39-44H,3-29H2,1-2H3;28-34,37-42H,3-27H2,1-2H3/t30?,31?,32?,33-,34+,35-,36-;28?,29?,30?,31-,32+,33-,34-/m11/s1. The van der Waals surface area contributed by atoms with Crippen LogP contribution < -0.4 is 0 Å². The van der Waals surface area contributed by atoms with Crippen LogP contribution in [-0.2, 0) is 19.1 Å². The molecule has 12 N–H and O–H groups in total. The molecular weight excluding hydrogens is 1150 g/mol. The summed E-state index contributed by atoms with van der Waals surface area (Å²) in [6.07, 6.45) is 33.0. The van der Waals surface area contributed by atoms with E-state index in [2.05, 4.69) is 27.7 Å². The minimum absolute atomic E-state index is 0.0270. The maximum Gasteiger partial charge on any atom is 0.251 e. The Morgan fingerprint density at radius 1 is 0.311 bits per heavy atom. The van der Waals surface area contributed by atoms with Gasteiger partial charge in [0.2, 0.25) is 0 Å². The molecule has 0 radical (unpaired) electrons. The van der Waals surface area contributed by atoms with E-state index >= 15 is 0 Å². The van der Waals surface area contributed by atoms with Gasteiger partial charge < -0.3 is 80.6 Å². The molecule has 0 saturated carbocycles. The van der Waals surface area contributed by atoms with E-state index in [0.29, 0.717) is 25.9 Å². The molecule has 0 aromatic heterocycles. The van der Waals surface area contributed by atoms with Crippen molar-refractivity contribution in [3.8, 4) is 0 Å². The maximum absolute atomic E-state index is 13.3. The summed E-state index contributed by atoms with van der Waals surface area (Å²) in [5.74, 6) is -0.768. The topological polar surface area (TPSA) is 302 Å². The quantitative estimate of drug-likeness (QED) is 0.0252. The lowest BCUT2D eigenvalue weighted by Crippen LogP contribution is -2.59. The van der Waals surface area contributed by atoms with Gasteiger partial charge in [0.05, 0.1) is 37.6 Å². The second-order valence-corrected chi connectivity index (χ2v) is 27.1. The molecule has 2 aliphatic rings. The zero-order valence-corrected chi connectivity index (χ0v) is 57.7. The zero-order chi connectivity index (χ0) is 66.6. The molecule has 2 heterocycles. The molecule has 0 aromatic carbocycles. The molecule has 0 aliphatic carbocycles. The first-order valence-electron chi connectivity index (χ1n) is 37.4. The molecular formula is C72H142N2O16. The van der Waals surface area contributed by atoms with Gasteiger partial charge in [-0.25, -0.2) is 0 Å². The lowest BCUT2D eigenvalue weighted by atomic mass is 9.92.